The molecule has 48 heavy (non-hydrogen) atoms. The molecule has 0 aliphatic carbocycles. The number of hydrogen-bond donors (Lipinski definition) is 4. The molecule has 1 atom stereocenters. The summed E-state index contributed by atoms with van der Waals surface area (Å²) >= 11 is 0. The number of unbranched alkanes of at least 4 members (excludes halogenated alkanes) is 1. The minimum Gasteiger partial charge on any atom is -0.429 e. The van der Waals surface area contributed by atoms with Crippen LogP contribution in [0.1, 0.15) is 67.3 Å². The van der Waals surface area contributed by atoms with Gasteiger partial charge in [-0.2, -0.15) is 0 Å². The topological polar surface area (TPSA) is 165 Å². The summed E-state index contributed by atoms with van der Waals surface area (Å²) in [5.74, 6) is 0.164. The Morgan fingerprint density at radius 3 is 2.38 bits per heavy atom. The number of carbonyl (C=O) groups is 3. The van der Waals surface area contributed by atoms with Crippen molar-refractivity contribution < 1.29 is 18.9 Å². The van der Waals surface area contributed by atoms with Gasteiger partial charge in [0.1, 0.15) is 6.34 Å². The molecule has 1 unspecified atom stereocenters. The summed E-state index contributed by atoms with van der Waals surface area (Å²) in [6, 6.07) is 23.2. The van der Waals surface area contributed by atoms with Crippen LogP contribution >= 0.6 is 8.15 Å². The zero-order chi connectivity index (χ0) is 34.5. The van der Waals surface area contributed by atoms with E-state index in [0.29, 0.717) is 44.0 Å². The maximum atomic E-state index is 13.5. The maximum absolute atomic E-state index is 13.5. The second-order valence-corrected chi connectivity index (χ2v) is 13.9. The van der Waals surface area contributed by atoms with Gasteiger partial charge in [-0.25, -0.2) is 4.79 Å². The van der Waals surface area contributed by atoms with Crippen molar-refractivity contribution in [3.05, 3.63) is 101 Å². The number of nitrogens with one attached hydrogen (secondary N) is 2. The Morgan fingerprint density at radius 2 is 1.62 bits per heavy atom. The monoisotopic (exact) mass is 669 g/mol. The van der Waals surface area contributed by atoms with Crippen molar-refractivity contribution in [2.24, 2.45) is 21.7 Å². The molecule has 0 saturated heterocycles. The van der Waals surface area contributed by atoms with E-state index >= 15 is 0 Å². The highest BCUT2D eigenvalue weighted by molar-refractivity contribution is 7.52. The quantitative estimate of drug-likeness (QED) is 0.0598. The van der Waals surface area contributed by atoms with Gasteiger partial charge in [0.2, 0.25) is 11.8 Å². The molecule has 3 aromatic carbocycles. The third-order valence-electron chi connectivity index (χ3n) is 7.65. The van der Waals surface area contributed by atoms with Crippen LogP contribution in [0.4, 0.5) is 10.5 Å². The van der Waals surface area contributed by atoms with Crippen LogP contribution in [-0.4, -0.2) is 48.4 Å². The maximum Gasteiger partial charge on any atom is 0.410 e. The lowest BCUT2D eigenvalue weighted by molar-refractivity contribution is -0.123. The van der Waals surface area contributed by atoms with Gasteiger partial charge in [0, 0.05) is 36.7 Å². The van der Waals surface area contributed by atoms with E-state index in [0.717, 1.165) is 34.3 Å². The summed E-state index contributed by atoms with van der Waals surface area (Å²) in [4.78, 5) is 40.6. The molecule has 0 saturated carbocycles. The molecule has 4 rings (SSSR count). The lowest BCUT2D eigenvalue weighted by atomic mass is 10.0. The van der Waals surface area contributed by atoms with E-state index in [1.165, 1.54) is 0 Å². The first-order valence-corrected chi connectivity index (χ1v) is 17.7. The van der Waals surface area contributed by atoms with E-state index in [1.807, 2.05) is 73.9 Å². The number of benzene rings is 3. The molecule has 0 aromatic heterocycles. The lowest BCUT2D eigenvalue weighted by Crippen LogP contribution is -2.46. The van der Waals surface area contributed by atoms with Crippen molar-refractivity contribution in [2.75, 3.05) is 17.7 Å². The fraction of sp³-hybridized carbons (Fsp3) is 0.306. The first kappa shape index (κ1) is 35.8. The largest absolute Gasteiger partial charge is 0.429 e. The van der Waals surface area contributed by atoms with Crippen LogP contribution in [0.2, 0.25) is 0 Å². The molecule has 252 valence electrons. The van der Waals surface area contributed by atoms with E-state index in [-0.39, 0.29) is 24.2 Å². The van der Waals surface area contributed by atoms with Crippen molar-refractivity contribution >= 4 is 56.1 Å². The van der Waals surface area contributed by atoms with Crippen LogP contribution in [-0.2, 0) is 27.2 Å². The number of fused-ring (bicyclic) bond motifs is 2. The Morgan fingerprint density at radius 1 is 0.958 bits per heavy atom. The van der Waals surface area contributed by atoms with E-state index in [4.69, 9.17) is 16.0 Å². The first-order valence-electron chi connectivity index (χ1n) is 15.8. The lowest BCUT2D eigenvalue weighted by Gasteiger charge is -2.29. The van der Waals surface area contributed by atoms with Gasteiger partial charge in [-0.1, -0.05) is 78.9 Å². The Kier molecular flexibility index (Phi) is 12.9. The fourth-order valence-corrected chi connectivity index (χ4v) is 7.04. The highest BCUT2D eigenvalue weighted by Crippen LogP contribution is 2.36. The Balaban J connectivity index is 1.18. The molecule has 1 aliphatic heterocycles. The van der Waals surface area contributed by atoms with Crippen LogP contribution in [0, 0.1) is 0 Å². The van der Waals surface area contributed by atoms with Gasteiger partial charge in [-0.15, -0.1) is 10.2 Å². The number of hydrogen-bond acceptors (Lipinski definition) is 6. The van der Waals surface area contributed by atoms with Gasteiger partial charge in [-0.05, 0) is 61.7 Å². The van der Waals surface area contributed by atoms with Crippen molar-refractivity contribution in [1.29, 1.82) is 0 Å². The number of amides is 3. The van der Waals surface area contributed by atoms with Gasteiger partial charge in [0.15, 0.2) is 5.84 Å². The minimum atomic E-state index is -1.15. The SMILES string of the molecule is CP(CC(C)(C)NC(=O)CCCCC(=O)N1Cc2ccccc2/C=C\c2ccccc21)OC(=O)NCc1ccc(/C(N)=N/N=C\N)cc1. The molecule has 6 N–H and O–H groups in total. The van der Waals surface area contributed by atoms with E-state index < -0.39 is 19.8 Å². The Labute approximate surface area is 283 Å². The molecule has 3 aromatic rings. The summed E-state index contributed by atoms with van der Waals surface area (Å²) < 4.78 is 5.59. The second-order valence-electron chi connectivity index (χ2n) is 12.2. The molecule has 3 amide bonds. The van der Waals surface area contributed by atoms with Gasteiger partial charge in [0.05, 0.1) is 20.4 Å². The van der Waals surface area contributed by atoms with Crippen LogP contribution in [0.15, 0.2) is 83.0 Å². The van der Waals surface area contributed by atoms with E-state index in [1.54, 1.807) is 12.1 Å². The number of rotatable bonds is 13. The van der Waals surface area contributed by atoms with Gasteiger partial charge in [-0.3, -0.25) is 9.59 Å². The molecule has 12 heteroatoms. The van der Waals surface area contributed by atoms with Crippen molar-refractivity contribution in [1.82, 2.24) is 10.6 Å². The van der Waals surface area contributed by atoms with Crippen LogP contribution < -0.4 is 27.0 Å². The molecule has 0 radical (unpaired) electrons. The molecule has 0 spiro atoms. The summed E-state index contributed by atoms with van der Waals surface area (Å²) in [7, 11) is -1.15. The smallest absolute Gasteiger partial charge is 0.410 e. The highest BCUT2D eigenvalue weighted by atomic mass is 31.1. The standard InChI is InChI=1S/C36H44N7O4P/c1-36(2,24-48(3)47-35(46)39-22-26-16-18-29(19-17-26)34(38)42-40-25-37)41-32(44)14-8-9-15-33(45)43-23-30-12-5-4-10-27(30)20-21-28-11-6-7-13-31(28)43/h4-7,10-13,16-21,25H,8-9,14-15,22-24H2,1-3H3,(H2,37,40)(H2,38,42)(H,39,46)(H,41,44)/b21-20-. The number of amidine groups is 1. The van der Waals surface area contributed by atoms with Gasteiger partial charge < -0.3 is 31.5 Å². The predicted octanol–water partition coefficient (Wildman–Crippen LogP) is 5.72. The Hall–Kier alpha value is -5.02. The zero-order valence-electron chi connectivity index (χ0n) is 27.7. The van der Waals surface area contributed by atoms with E-state index in [9.17, 15) is 14.4 Å². The third-order valence-corrected chi connectivity index (χ3v) is 9.37. The number of nitrogens with two attached hydrogens (primary N) is 2. The highest BCUT2D eigenvalue weighted by Gasteiger charge is 2.26. The molecule has 0 bridgehead atoms. The summed E-state index contributed by atoms with van der Waals surface area (Å²) in [6.45, 7) is 6.45. The molecule has 0 fully saturated rings. The molecule has 1 heterocycles. The third kappa shape index (κ3) is 10.8. The number of anilines is 1. The summed E-state index contributed by atoms with van der Waals surface area (Å²) in [6.07, 6.45) is 6.99. The Bertz CT molecular complexity index is 1670. The van der Waals surface area contributed by atoms with Crippen LogP contribution in [0.25, 0.3) is 12.2 Å². The van der Waals surface area contributed by atoms with Crippen LogP contribution in [0.3, 0.4) is 0 Å². The minimum absolute atomic E-state index is 0.0324. The van der Waals surface area contributed by atoms with Gasteiger partial charge >= 0.3 is 6.09 Å². The molecule has 11 nitrogen and oxygen atoms in total. The van der Waals surface area contributed by atoms with Crippen LogP contribution in [0.5, 0.6) is 0 Å². The van der Waals surface area contributed by atoms with Crippen molar-refractivity contribution in [3.63, 3.8) is 0 Å². The average molecular weight is 670 g/mol. The number of carbonyl (C=O) groups excluding carboxylic acids is 3. The predicted molar refractivity (Wildman–Crippen MR) is 195 cm³/mol. The van der Waals surface area contributed by atoms with E-state index in [2.05, 4.69) is 45.1 Å². The molecule has 1 aliphatic rings. The number of para-hydroxylation sites is 1. The zero-order valence-corrected chi connectivity index (χ0v) is 28.6. The normalized spacial score (nSPS) is 14.2. The molecular weight excluding hydrogens is 625 g/mol. The second kappa shape index (κ2) is 17.2. The summed E-state index contributed by atoms with van der Waals surface area (Å²) in [5.41, 5.74) is 16.1. The average Bonchev–Trinajstić information content (AvgIpc) is 3.05. The van der Waals surface area contributed by atoms with Crippen molar-refractivity contribution in [2.45, 2.75) is 58.2 Å². The molecular formula is C36H44N7O4P. The first-order chi connectivity index (χ1) is 23.0. The number of nitrogens with zero attached hydrogens (tertiary/aromatic N) is 3. The van der Waals surface area contributed by atoms with Crippen molar-refractivity contribution in [3.8, 4) is 0 Å². The summed E-state index contributed by atoms with van der Waals surface area (Å²) in [5, 5.41) is 13.1. The fourth-order valence-electron chi connectivity index (χ4n) is 5.43. The van der Waals surface area contributed by atoms with Gasteiger partial charge in [0.25, 0.3) is 0 Å².